The Labute approximate surface area is 887 Å². The van der Waals surface area contributed by atoms with Crippen molar-refractivity contribution >= 4 is 147 Å². The molecule has 4 N–H and O–H groups in total. The first-order valence-corrected chi connectivity index (χ1v) is 47.0. The van der Waals surface area contributed by atoms with Crippen LogP contribution >= 0.6 is 91.3 Å². The molecule has 1 aliphatic rings. The summed E-state index contributed by atoms with van der Waals surface area (Å²) in [6.45, 7) is 36.0. The molecule has 148 heavy (non-hydrogen) atoms. The second kappa shape index (κ2) is 56.5. The van der Waals surface area contributed by atoms with Crippen LogP contribution in [0.4, 0.5) is 99.0 Å². The summed E-state index contributed by atoms with van der Waals surface area (Å²) in [4.78, 5) is 129. The lowest BCUT2D eigenvalue weighted by Gasteiger charge is -2.32. The second-order valence-corrected chi connectivity index (χ2v) is 41.1. The van der Waals surface area contributed by atoms with E-state index in [0.29, 0.717) is 45.2 Å². The van der Waals surface area contributed by atoms with E-state index >= 15 is 0 Å². The van der Waals surface area contributed by atoms with Gasteiger partial charge in [0.25, 0.3) is 0 Å². The molecular weight excluding hydrogens is 2350 g/mol. The third-order valence-electron chi connectivity index (χ3n) is 16.7. The molecule has 0 spiro atoms. The molecule has 0 aromatic carbocycles. The maximum Gasteiger partial charge on any atom is 0.498 e. The van der Waals surface area contributed by atoms with Crippen LogP contribution in [0.2, 0.25) is 0 Å². The van der Waals surface area contributed by atoms with Crippen LogP contribution in [0.3, 0.4) is 0 Å². The van der Waals surface area contributed by atoms with Crippen LogP contribution in [0.5, 0.6) is 0 Å². The number of aliphatic hydroxyl groups excluding tert-OH is 1. The number of alkyl carbamates (subject to hydrolysis) is 2. The number of carbonyl (C=O) groups excluding carboxylic acids is 7. The average Bonchev–Trinajstić information content (AvgIpc) is 1.62. The van der Waals surface area contributed by atoms with Crippen molar-refractivity contribution < 1.29 is 147 Å². The summed E-state index contributed by atoms with van der Waals surface area (Å²) < 4.78 is 248. The molecule has 10 aromatic heterocycles. The number of ether oxygens (including phenoxy) is 6. The lowest BCUT2D eigenvalue weighted by Crippen LogP contribution is -2.43. The number of nitrogens with two attached hydrogens (primary N) is 1. The molecular formula is C92H102BBr5ClF16N17O16. The topological polar surface area (TPSA) is 426 Å². The molecule has 33 nitrogen and oxygen atoms in total. The van der Waals surface area contributed by atoms with Crippen molar-refractivity contribution in [3.63, 3.8) is 0 Å². The zero-order valence-electron chi connectivity index (χ0n) is 83.0. The van der Waals surface area contributed by atoms with Crippen molar-refractivity contribution in [3.05, 3.63) is 244 Å². The maximum atomic E-state index is 14.5. The highest BCUT2D eigenvalue weighted by atomic mass is 79.9. The fourth-order valence-electron chi connectivity index (χ4n) is 9.63. The van der Waals surface area contributed by atoms with Crippen LogP contribution in [0.15, 0.2) is 152 Å². The molecule has 1 saturated heterocycles. The maximum absolute atomic E-state index is 14.5. The molecule has 56 heteroatoms. The van der Waals surface area contributed by atoms with Gasteiger partial charge in [-0.25, -0.2) is 129 Å². The van der Waals surface area contributed by atoms with Crippen LogP contribution in [0.25, 0.3) is 22.5 Å². The third-order valence-corrected chi connectivity index (χ3v) is 19.2. The van der Waals surface area contributed by atoms with E-state index in [-0.39, 0.29) is 87.5 Å². The Morgan fingerprint density at radius 3 is 0.959 bits per heavy atom. The van der Waals surface area contributed by atoms with E-state index in [1.54, 1.807) is 137 Å². The molecule has 0 bridgehead atoms. The van der Waals surface area contributed by atoms with E-state index in [4.69, 9.17) is 60.2 Å². The summed E-state index contributed by atoms with van der Waals surface area (Å²) in [5.41, 5.74) is 1.32. The van der Waals surface area contributed by atoms with E-state index < -0.39 is 160 Å². The van der Waals surface area contributed by atoms with Crippen molar-refractivity contribution in [3.8, 4) is 22.5 Å². The van der Waals surface area contributed by atoms with Gasteiger partial charge in [0.1, 0.15) is 91.5 Å². The van der Waals surface area contributed by atoms with E-state index in [0.717, 1.165) is 85.5 Å². The third kappa shape index (κ3) is 49.0. The number of pyridine rings is 7. The van der Waals surface area contributed by atoms with E-state index in [1.807, 2.05) is 33.0 Å². The Balaban J connectivity index is 0.000000442. The minimum absolute atomic E-state index is 0.0156. The fourth-order valence-corrected chi connectivity index (χ4v) is 11.6. The minimum atomic E-state index is -4.72. The molecule has 11 rings (SSSR count). The molecule has 10 aromatic rings. The highest BCUT2D eigenvalue weighted by molar-refractivity contribution is 9.11. The van der Waals surface area contributed by atoms with E-state index in [1.165, 1.54) is 36.4 Å². The van der Waals surface area contributed by atoms with Crippen LogP contribution in [-0.4, -0.2) is 174 Å². The second-order valence-electron chi connectivity index (χ2n) is 36.8. The minimum Gasteiger partial charge on any atom is -0.443 e. The quantitative estimate of drug-likeness (QED) is 0.0270. The first-order valence-electron chi connectivity index (χ1n) is 42.5. The Morgan fingerprint density at radius 2 is 0.676 bits per heavy atom. The Kier molecular flexibility index (Phi) is 49.9. The van der Waals surface area contributed by atoms with Gasteiger partial charge in [-0.15, -0.1) is 11.6 Å². The van der Waals surface area contributed by atoms with Crippen LogP contribution in [-0.2, 0) is 88.4 Å². The molecule has 0 atom stereocenters. The zero-order chi connectivity index (χ0) is 113. The summed E-state index contributed by atoms with van der Waals surface area (Å²) in [6, 6.07) is 11.1. The van der Waals surface area contributed by atoms with Crippen molar-refractivity contribution in [2.24, 2.45) is 5.73 Å². The van der Waals surface area contributed by atoms with Gasteiger partial charge < -0.3 is 48.6 Å². The monoisotopic (exact) mass is 2450 g/mol. The Morgan fingerprint density at radius 1 is 0.392 bits per heavy atom. The van der Waals surface area contributed by atoms with Gasteiger partial charge in [-0.2, -0.15) is 39.5 Å². The molecule has 6 amide bonds. The van der Waals surface area contributed by atoms with Gasteiger partial charge >= 0.3 is 62.2 Å². The summed E-state index contributed by atoms with van der Waals surface area (Å²) in [7, 11) is -0.757. The lowest BCUT2D eigenvalue weighted by molar-refractivity contribution is -0.145. The van der Waals surface area contributed by atoms with Crippen LogP contribution in [0.1, 0.15) is 208 Å². The van der Waals surface area contributed by atoms with Crippen molar-refractivity contribution in [2.75, 3.05) is 0 Å². The SMILES string of the molecule is CC(C)(C)OC(=O)N(Cc1cc(-c2cnc(C(F)(F)F)nc2)ncc1F)C(=O)OC(C)(C)C.CC(C)(C)OC(=O)N(Cc1cc(Br)ncc1F)C(=O)OC(C)(C)C.CC(C)(C)OC(=O)NC(=O)OC(C)(C)C.CC1(C)OB(c2cnc(C(F)(F)F)nc2)OC1(C)C.Fc1ccc(Br)nc1.Fc1cnc(Br)cc1CCl.NCc1cc(-c2cnc(C(F)(F)F)nc2)ncc1F.O=Cc1cc(Br)ncc1F.OCc1cc(Br)ncc1F. The zero-order valence-corrected chi connectivity index (χ0v) is 91.7. The molecule has 0 unspecified atom stereocenters. The predicted octanol–water partition coefficient (Wildman–Crippen LogP) is 24.4. The molecule has 11 heterocycles. The molecule has 0 aliphatic carbocycles. The highest BCUT2D eigenvalue weighted by Gasteiger charge is 2.52. The molecule has 0 radical (unpaired) electrons. The summed E-state index contributed by atoms with van der Waals surface area (Å²) in [5, 5.41) is 10.5. The molecule has 1 fully saturated rings. The van der Waals surface area contributed by atoms with E-state index in [9.17, 15) is 104 Å². The summed E-state index contributed by atoms with van der Waals surface area (Å²) >= 11 is 20.8. The number of rotatable bonds is 11. The number of nitrogens with one attached hydrogen (secondary N) is 1. The number of amides is 6. The number of halogens is 22. The van der Waals surface area contributed by atoms with Gasteiger partial charge in [-0.05, 0) is 281 Å². The summed E-state index contributed by atoms with van der Waals surface area (Å²) in [6.07, 6.45) is -5.96. The standard InChI is InChI=1S/C21H24F4N4O4.C16H22BrFN2O4.C11H14BF3N2O2.C11H8F4N4.C10H19NO4.C6H4BrClFN.C6H5BrFNO.C6H3BrFNO.C5H3BrFN/c1-19(2,3)32-17(30)29(18(31)33-20(4,5)6)11-12-7-15(26-10-14(12)22)13-8-27-16(28-9-13)21(23,24)25;1-15(2,3)23-13(21)20(14(22)24-16(4,5)6)9-10-7-12(17)19-8-11(10)18;1-9(2)10(3,4)19-12(18-9)7-5-16-8(17-6-7)11(13,14)15;12-8-5-17-9(1-6(8)2-16)7-3-18-10(19-4-7)11(13,14)15;1-9(2,3)14-7(12)11-8(13)15-10(4,5)6;7-6-1-4(2-8)5(9)3-10-6;2*7-6-1-4(3-10)5(8)2-9-6;6-5-2-1-4(7)3-8-5/h7-10H,11H2,1-6H3;7-8H,9H2,1-6H3;5-6H,1-4H3;1,3-5H,2,16H2;1-6H3,(H,11,12,13);1,3H,2H2;1-2,10H,3H2;1-3H;1-3H. The number of aliphatic hydroxyl groups is 1. The van der Waals surface area contributed by atoms with E-state index in [2.05, 4.69) is 144 Å². The Hall–Kier alpha value is -11.3. The molecule has 1 aliphatic heterocycles. The number of hydrogen-bond acceptors (Lipinski definition) is 30. The number of nitrogens with zero attached hydrogens (tertiary/aromatic N) is 15. The summed E-state index contributed by atoms with van der Waals surface area (Å²) in [5.74, 6) is -7.40. The first-order chi connectivity index (χ1) is 67.7. The van der Waals surface area contributed by atoms with Gasteiger partial charge in [0.2, 0.25) is 17.5 Å². The van der Waals surface area contributed by atoms with Gasteiger partial charge in [-0.1, -0.05) is 0 Å². The predicted molar refractivity (Wildman–Crippen MR) is 523 cm³/mol. The van der Waals surface area contributed by atoms with Gasteiger partial charge in [-0.3, -0.25) is 14.8 Å². The first kappa shape index (κ1) is 131. The Bertz CT molecular complexity index is 5910. The van der Waals surface area contributed by atoms with Crippen molar-refractivity contribution in [1.29, 1.82) is 0 Å². The van der Waals surface area contributed by atoms with Crippen LogP contribution in [0, 0.1) is 40.7 Å². The lowest BCUT2D eigenvalue weighted by atomic mass is 9.81. The highest BCUT2D eigenvalue weighted by Crippen LogP contribution is 2.38. The fraction of sp³-hybridized carbons (Fsp3) is 0.413. The van der Waals surface area contributed by atoms with Crippen molar-refractivity contribution in [2.45, 2.75) is 248 Å². The van der Waals surface area contributed by atoms with Gasteiger partial charge in [0, 0.05) is 88.1 Å². The number of imide groups is 3. The van der Waals surface area contributed by atoms with Crippen molar-refractivity contribution in [1.82, 2.24) is 79.9 Å². The largest absolute Gasteiger partial charge is 0.498 e. The normalized spacial score (nSPS) is 12.6. The molecule has 808 valence electrons. The molecule has 0 saturated carbocycles. The number of hydrogen-bond donors (Lipinski definition) is 3. The smallest absolute Gasteiger partial charge is 0.443 e. The average molecular weight is 2450 g/mol. The number of aromatic nitrogens is 13. The number of aldehydes is 1. The van der Waals surface area contributed by atoms with Gasteiger partial charge in [0.05, 0.1) is 97.1 Å². The number of carbonyl (C=O) groups is 7. The number of alkyl halides is 10. The van der Waals surface area contributed by atoms with Crippen LogP contribution < -0.4 is 16.5 Å². The van der Waals surface area contributed by atoms with Gasteiger partial charge in [0.15, 0.2) is 12.1 Å².